The Bertz CT molecular complexity index is 638. The first kappa shape index (κ1) is 15.5. The minimum Gasteiger partial charge on any atom is -0.497 e. The summed E-state index contributed by atoms with van der Waals surface area (Å²) in [6, 6.07) is 7.78. The number of benzene rings is 1. The van der Waals surface area contributed by atoms with Gasteiger partial charge in [-0.2, -0.15) is 0 Å². The maximum atomic E-state index is 11.3. The summed E-state index contributed by atoms with van der Waals surface area (Å²) >= 11 is 2.79. The van der Waals surface area contributed by atoms with E-state index in [1.165, 1.54) is 23.1 Å². The van der Waals surface area contributed by atoms with Gasteiger partial charge in [-0.1, -0.05) is 12.1 Å². The molecule has 21 heavy (non-hydrogen) atoms. The van der Waals surface area contributed by atoms with Crippen LogP contribution in [0.2, 0.25) is 0 Å². The number of thiophene rings is 1. The first-order valence-corrected chi connectivity index (χ1v) is 8.23. The summed E-state index contributed by atoms with van der Waals surface area (Å²) in [6.45, 7) is 0.635. The second kappa shape index (κ2) is 6.73. The van der Waals surface area contributed by atoms with E-state index in [1.54, 1.807) is 7.11 Å². The Balaban J connectivity index is 2.15. The Morgan fingerprint density at radius 3 is 2.57 bits per heavy atom. The van der Waals surface area contributed by atoms with Crippen molar-refractivity contribution in [3.8, 4) is 5.75 Å². The Morgan fingerprint density at radius 1 is 1.38 bits per heavy atom. The summed E-state index contributed by atoms with van der Waals surface area (Å²) in [7, 11) is 1.64. The maximum Gasteiger partial charge on any atom is 0.261 e. The van der Waals surface area contributed by atoms with E-state index in [0.717, 1.165) is 21.2 Å². The van der Waals surface area contributed by atoms with Crippen LogP contribution < -0.4 is 21.5 Å². The molecule has 0 aliphatic rings. The van der Waals surface area contributed by atoms with Crippen LogP contribution in [-0.4, -0.2) is 19.3 Å². The molecule has 7 heteroatoms. The molecule has 1 aromatic carbocycles. The highest BCUT2D eigenvalue weighted by molar-refractivity contribution is 7.99. The summed E-state index contributed by atoms with van der Waals surface area (Å²) in [6.07, 6.45) is 1.92. The summed E-state index contributed by atoms with van der Waals surface area (Å²) in [5, 5.41) is 4.17. The average molecular weight is 323 g/mol. The molecule has 0 radical (unpaired) electrons. The number of carbonyl (C=O) groups excluding carboxylic acids is 1. The van der Waals surface area contributed by atoms with Crippen LogP contribution >= 0.6 is 23.1 Å². The fourth-order valence-corrected chi connectivity index (χ4v) is 3.74. The number of anilines is 2. The van der Waals surface area contributed by atoms with E-state index < -0.39 is 5.91 Å². The van der Waals surface area contributed by atoms with Gasteiger partial charge in [0, 0.05) is 6.54 Å². The maximum absolute atomic E-state index is 11.3. The molecule has 5 N–H and O–H groups in total. The van der Waals surface area contributed by atoms with Crippen molar-refractivity contribution in [2.75, 3.05) is 24.4 Å². The molecular formula is C14H17N3O2S2. The number of thioether (sulfide) groups is 1. The molecule has 0 bridgehead atoms. The molecule has 0 aliphatic carbocycles. The van der Waals surface area contributed by atoms with Gasteiger partial charge in [-0.3, -0.25) is 4.79 Å². The van der Waals surface area contributed by atoms with E-state index in [4.69, 9.17) is 16.2 Å². The lowest BCUT2D eigenvalue weighted by molar-refractivity contribution is 0.100. The standard InChI is InChI=1S/C14H17N3O2S2/c1-19-9-5-3-8(4-6-9)7-17-14-12(20-2)10(15)11(21-14)13(16)18/h3-6,17H,7,15H2,1-2H3,(H2,16,18). The van der Waals surface area contributed by atoms with Crippen molar-refractivity contribution in [2.24, 2.45) is 5.73 Å². The lowest BCUT2D eigenvalue weighted by atomic mass is 10.2. The van der Waals surface area contributed by atoms with Gasteiger partial charge in [0.1, 0.15) is 15.6 Å². The van der Waals surface area contributed by atoms with E-state index >= 15 is 0 Å². The zero-order valence-electron chi connectivity index (χ0n) is 11.8. The molecule has 1 heterocycles. The summed E-state index contributed by atoms with van der Waals surface area (Å²) in [5.74, 6) is 0.324. The summed E-state index contributed by atoms with van der Waals surface area (Å²) in [5.41, 5.74) is 12.8. The van der Waals surface area contributed by atoms with Crippen LogP contribution in [-0.2, 0) is 6.54 Å². The van der Waals surface area contributed by atoms with Gasteiger partial charge in [-0.05, 0) is 24.0 Å². The molecule has 0 aliphatic heterocycles. The predicted octanol–water partition coefficient (Wildman–Crippen LogP) is 2.77. The first-order chi connectivity index (χ1) is 10.1. The van der Waals surface area contributed by atoms with Crippen molar-refractivity contribution < 1.29 is 9.53 Å². The molecule has 0 atom stereocenters. The van der Waals surface area contributed by atoms with E-state index in [0.29, 0.717) is 17.1 Å². The largest absolute Gasteiger partial charge is 0.497 e. The number of methoxy groups -OCH3 is 1. The molecule has 0 spiro atoms. The minimum atomic E-state index is -0.495. The molecular weight excluding hydrogens is 306 g/mol. The Morgan fingerprint density at radius 2 is 2.05 bits per heavy atom. The van der Waals surface area contributed by atoms with Gasteiger partial charge in [-0.25, -0.2) is 0 Å². The van der Waals surface area contributed by atoms with Gasteiger partial charge >= 0.3 is 0 Å². The molecule has 1 aromatic heterocycles. The minimum absolute atomic E-state index is 0.400. The number of nitrogens with one attached hydrogen (secondary N) is 1. The molecule has 2 aromatic rings. The number of carbonyl (C=O) groups is 1. The smallest absolute Gasteiger partial charge is 0.261 e. The van der Waals surface area contributed by atoms with Crippen molar-refractivity contribution in [1.29, 1.82) is 0 Å². The van der Waals surface area contributed by atoms with Crippen molar-refractivity contribution in [1.82, 2.24) is 0 Å². The van der Waals surface area contributed by atoms with Crippen LogP contribution in [0.25, 0.3) is 0 Å². The number of primary amides is 1. The number of ether oxygens (including phenoxy) is 1. The predicted molar refractivity (Wildman–Crippen MR) is 89.4 cm³/mol. The number of amides is 1. The highest BCUT2D eigenvalue weighted by Gasteiger charge is 2.18. The molecule has 5 nitrogen and oxygen atoms in total. The average Bonchev–Trinajstić information content (AvgIpc) is 2.81. The third kappa shape index (κ3) is 3.43. The molecule has 1 amide bonds. The summed E-state index contributed by atoms with van der Waals surface area (Å²) < 4.78 is 5.12. The van der Waals surface area contributed by atoms with Crippen LogP contribution in [0.3, 0.4) is 0 Å². The van der Waals surface area contributed by atoms with Crippen molar-refractivity contribution in [3.05, 3.63) is 34.7 Å². The lowest BCUT2D eigenvalue weighted by Gasteiger charge is -2.07. The van der Waals surface area contributed by atoms with Gasteiger partial charge < -0.3 is 21.5 Å². The quantitative estimate of drug-likeness (QED) is 0.711. The van der Waals surface area contributed by atoms with Crippen molar-refractivity contribution in [2.45, 2.75) is 11.4 Å². The topological polar surface area (TPSA) is 90.4 Å². The van der Waals surface area contributed by atoms with Crippen LogP contribution in [0.5, 0.6) is 5.75 Å². The summed E-state index contributed by atoms with van der Waals surface area (Å²) in [4.78, 5) is 12.6. The second-order valence-corrected chi connectivity index (χ2v) is 6.11. The molecule has 112 valence electrons. The zero-order valence-corrected chi connectivity index (χ0v) is 13.4. The highest BCUT2D eigenvalue weighted by Crippen LogP contribution is 2.41. The Kier molecular flexibility index (Phi) is 4.98. The van der Waals surface area contributed by atoms with E-state index in [2.05, 4.69) is 5.32 Å². The lowest BCUT2D eigenvalue weighted by Crippen LogP contribution is -2.10. The number of rotatable bonds is 6. The van der Waals surface area contributed by atoms with Crippen LogP contribution in [0.1, 0.15) is 15.2 Å². The van der Waals surface area contributed by atoms with E-state index in [-0.39, 0.29) is 0 Å². The fourth-order valence-electron chi connectivity index (χ4n) is 1.86. The van der Waals surface area contributed by atoms with E-state index in [9.17, 15) is 4.79 Å². The normalized spacial score (nSPS) is 10.4. The van der Waals surface area contributed by atoms with Crippen LogP contribution in [0.4, 0.5) is 10.7 Å². The fraction of sp³-hybridized carbons (Fsp3) is 0.214. The monoisotopic (exact) mass is 323 g/mol. The molecule has 0 unspecified atom stereocenters. The third-order valence-corrected chi connectivity index (χ3v) is 5.08. The third-order valence-electron chi connectivity index (χ3n) is 2.94. The van der Waals surface area contributed by atoms with Gasteiger partial charge in [0.05, 0.1) is 17.7 Å². The highest BCUT2D eigenvalue weighted by atomic mass is 32.2. The Labute approximate surface area is 131 Å². The number of nitrogens with two attached hydrogens (primary N) is 2. The molecule has 0 fully saturated rings. The molecule has 0 saturated carbocycles. The number of hydrogen-bond acceptors (Lipinski definition) is 6. The van der Waals surface area contributed by atoms with E-state index in [1.807, 2.05) is 30.5 Å². The van der Waals surface area contributed by atoms with Crippen LogP contribution in [0.15, 0.2) is 29.2 Å². The molecule has 0 saturated heterocycles. The van der Waals surface area contributed by atoms with Crippen LogP contribution in [0, 0.1) is 0 Å². The second-order valence-electron chi connectivity index (χ2n) is 4.27. The van der Waals surface area contributed by atoms with Gasteiger partial charge in [-0.15, -0.1) is 23.1 Å². The molecule has 2 rings (SSSR count). The SMILES string of the molecule is COc1ccc(CNc2sc(C(N)=O)c(N)c2SC)cc1. The Hall–Kier alpha value is -1.86. The number of nitrogen functional groups attached to an aromatic ring is 1. The van der Waals surface area contributed by atoms with Crippen molar-refractivity contribution >= 4 is 39.7 Å². The van der Waals surface area contributed by atoms with Gasteiger partial charge in [0.25, 0.3) is 5.91 Å². The van der Waals surface area contributed by atoms with Crippen molar-refractivity contribution in [3.63, 3.8) is 0 Å². The zero-order chi connectivity index (χ0) is 15.4. The number of hydrogen-bond donors (Lipinski definition) is 3. The first-order valence-electron chi connectivity index (χ1n) is 6.19. The van der Waals surface area contributed by atoms with Gasteiger partial charge in [0.2, 0.25) is 0 Å². The van der Waals surface area contributed by atoms with Gasteiger partial charge in [0.15, 0.2) is 0 Å².